The number of piperazine rings is 1. The van der Waals surface area contributed by atoms with Gasteiger partial charge in [-0.2, -0.15) is 0 Å². The fourth-order valence-electron chi connectivity index (χ4n) is 4.95. The molecule has 0 unspecified atom stereocenters. The first-order valence-corrected chi connectivity index (χ1v) is 13.8. The smallest absolute Gasteiger partial charge is 0.410 e. The van der Waals surface area contributed by atoms with Crippen LogP contribution in [0.3, 0.4) is 0 Å². The van der Waals surface area contributed by atoms with Gasteiger partial charge in [-0.15, -0.1) is 0 Å². The molecule has 2 atom stereocenters. The molecule has 2 bridgehead atoms. The average molecular weight is 536 g/mol. The molecule has 2 saturated heterocycles. The zero-order chi connectivity index (χ0) is 26.9. The summed E-state index contributed by atoms with van der Waals surface area (Å²) >= 11 is 1.34. The fourth-order valence-corrected chi connectivity index (χ4v) is 5.95. The van der Waals surface area contributed by atoms with Gasteiger partial charge in [0.2, 0.25) is 0 Å². The van der Waals surface area contributed by atoms with Crippen LogP contribution in [0.15, 0.2) is 54.6 Å². The highest BCUT2D eigenvalue weighted by molar-refractivity contribution is 7.18. The molecular weight excluding hydrogens is 502 g/mol. The zero-order valence-electron chi connectivity index (χ0n) is 22.2. The van der Waals surface area contributed by atoms with Crippen molar-refractivity contribution in [1.82, 2.24) is 9.88 Å². The summed E-state index contributed by atoms with van der Waals surface area (Å²) in [7, 11) is 0. The maximum Gasteiger partial charge on any atom is 0.410 e. The predicted molar refractivity (Wildman–Crippen MR) is 147 cm³/mol. The van der Waals surface area contributed by atoms with Crippen LogP contribution in [0.1, 0.15) is 50.2 Å². The van der Waals surface area contributed by atoms with Crippen LogP contribution in [0.5, 0.6) is 11.5 Å². The normalized spacial score (nSPS) is 18.8. The Kier molecular flexibility index (Phi) is 7.29. The Bertz CT molecular complexity index is 1270. The number of ether oxygens (including phenoxy) is 3. The van der Waals surface area contributed by atoms with E-state index >= 15 is 0 Å². The molecule has 5 rings (SSSR count). The van der Waals surface area contributed by atoms with Crippen LogP contribution in [-0.2, 0) is 9.47 Å². The molecule has 38 heavy (non-hydrogen) atoms. The van der Waals surface area contributed by atoms with Gasteiger partial charge in [0.1, 0.15) is 22.0 Å². The summed E-state index contributed by atoms with van der Waals surface area (Å²) in [5.74, 6) is 1.07. The minimum atomic E-state index is -0.534. The number of hydrogen-bond acceptors (Lipinski definition) is 8. The summed E-state index contributed by atoms with van der Waals surface area (Å²) in [5.41, 5.74) is 0.872. The van der Waals surface area contributed by atoms with Gasteiger partial charge in [0.15, 0.2) is 5.13 Å². The van der Waals surface area contributed by atoms with E-state index in [1.165, 1.54) is 11.3 Å². The van der Waals surface area contributed by atoms with Crippen molar-refractivity contribution in [3.63, 3.8) is 0 Å². The third-order valence-electron chi connectivity index (χ3n) is 6.54. The van der Waals surface area contributed by atoms with Gasteiger partial charge in [-0.1, -0.05) is 29.5 Å². The number of anilines is 1. The lowest BCUT2D eigenvalue weighted by Gasteiger charge is -2.41. The van der Waals surface area contributed by atoms with Gasteiger partial charge in [0.05, 0.1) is 24.4 Å². The SMILES string of the molecule is CCOC(=O)c1sc(N2C[C@H]3CC[C@@H](C2)N3C(=O)OC(C)(C)C)nc1-c1ccc(Oc2ccccc2)cc1. The molecule has 200 valence electrons. The summed E-state index contributed by atoms with van der Waals surface area (Å²) in [5, 5.41) is 0.758. The van der Waals surface area contributed by atoms with Crippen LogP contribution in [-0.4, -0.2) is 59.3 Å². The van der Waals surface area contributed by atoms with Crippen molar-refractivity contribution < 1.29 is 23.8 Å². The average Bonchev–Trinajstić information content (AvgIpc) is 3.44. The largest absolute Gasteiger partial charge is 0.462 e. The van der Waals surface area contributed by atoms with Crippen LogP contribution in [0, 0.1) is 0 Å². The quantitative estimate of drug-likeness (QED) is 0.339. The summed E-state index contributed by atoms with van der Waals surface area (Å²) < 4.78 is 16.9. The van der Waals surface area contributed by atoms with E-state index in [0.717, 1.165) is 29.3 Å². The molecule has 1 amide bonds. The fraction of sp³-hybridized carbons (Fsp3) is 0.414. The minimum absolute atomic E-state index is 0.0522. The van der Waals surface area contributed by atoms with Crippen LogP contribution in [0.4, 0.5) is 9.93 Å². The van der Waals surface area contributed by atoms with Gasteiger partial charge >= 0.3 is 12.1 Å². The number of amides is 1. The van der Waals surface area contributed by atoms with E-state index in [2.05, 4.69) is 4.90 Å². The van der Waals surface area contributed by atoms with Crippen LogP contribution >= 0.6 is 11.3 Å². The Balaban J connectivity index is 1.38. The number of aromatic nitrogens is 1. The van der Waals surface area contributed by atoms with E-state index in [0.29, 0.717) is 29.4 Å². The number of nitrogens with zero attached hydrogens (tertiary/aromatic N) is 3. The predicted octanol–water partition coefficient (Wildman–Crippen LogP) is 6.37. The molecule has 0 saturated carbocycles. The summed E-state index contributed by atoms with van der Waals surface area (Å²) in [6, 6.07) is 17.2. The number of para-hydroxylation sites is 1. The van der Waals surface area contributed by atoms with Gasteiger partial charge in [0, 0.05) is 18.7 Å². The lowest BCUT2D eigenvalue weighted by molar-refractivity contribution is 0.0123. The number of esters is 1. The number of hydrogen-bond donors (Lipinski definition) is 0. The Labute approximate surface area is 227 Å². The van der Waals surface area contributed by atoms with Gasteiger partial charge in [-0.25, -0.2) is 14.6 Å². The van der Waals surface area contributed by atoms with E-state index < -0.39 is 5.60 Å². The molecule has 0 spiro atoms. The van der Waals surface area contributed by atoms with Crippen molar-refractivity contribution in [2.75, 3.05) is 24.6 Å². The Morgan fingerprint density at radius 3 is 2.21 bits per heavy atom. The maximum absolute atomic E-state index is 12.9. The highest BCUT2D eigenvalue weighted by Crippen LogP contribution is 2.39. The van der Waals surface area contributed by atoms with Gasteiger partial charge in [-0.3, -0.25) is 4.90 Å². The molecular formula is C29H33N3O5S. The van der Waals surface area contributed by atoms with Gasteiger partial charge in [-0.05, 0) is 76.9 Å². The second-order valence-electron chi connectivity index (χ2n) is 10.5. The molecule has 0 aliphatic carbocycles. The van der Waals surface area contributed by atoms with E-state index in [1.54, 1.807) is 6.92 Å². The highest BCUT2D eigenvalue weighted by Gasteiger charge is 2.45. The number of carbonyl (C=O) groups excluding carboxylic acids is 2. The number of carbonyl (C=O) groups is 2. The molecule has 0 N–H and O–H groups in total. The molecule has 3 aromatic rings. The minimum Gasteiger partial charge on any atom is -0.462 e. The lowest BCUT2D eigenvalue weighted by Crippen LogP contribution is -2.56. The molecule has 2 aromatic carbocycles. The van der Waals surface area contributed by atoms with Crippen LogP contribution in [0.25, 0.3) is 11.3 Å². The molecule has 2 aliphatic heterocycles. The molecule has 1 aromatic heterocycles. The van der Waals surface area contributed by atoms with Crippen LogP contribution < -0.4 is 9.64 Å². The van der Waals surface area contributed by atoms with E-state index in [9.17, 15) is 9.59 Å². The standard InChI is InChI=1S/C29H33N3O5S/c1-5-35-26(33)25-24(19-11-15-23(16-12-19)36-22-9-7-6-8-10-22)30-27(38-25)31-17-20-13-14-21(18-31)32(20)28(34)37-29(2,3)4/h6-12,15-16,20-21H,5,13-14,17-18H2,1-4H3/t20-,21+. The monoisotopic (exact) mass is 535 g/mol. The number of fused-ring (bicyclic) bond motifs is 2. The van der Waals surface area contributed by atoms with Crippen LogP contribution in [0.2, 0.25) is 0 Å². The first-order chi connectivity index (χ1) is 18.2. The van der Waals surface area contributed by atoms with Crippen molar-refractivity contribution in [2.24, 2.45) is 0 Å². The van der Waals surface area contributed by atoms with Crippen molar-refractivity contribution in [2.45, 2.75) is 58.2 Å². The first-order valence-electron chi connectivity index (χ1n) is 13.0. The lowest BCUT2D eigenvalue weighted by atomic mass is 10.1. The highest BCUT2D eigenvalue weighted by atomic mass is 32.1. The Hall–Kier alpha value is -3.59. The second kappa shape index (κ2) is 10.6. The van der Waals surface area contributed by atoms with E-state index in [1.807, 2.05) is 80.3 Å². The molecule has 8 nitrogen and oxygen atoms in total. The van der Waals surface area contributed by atoms with Crippen molar-refractivity contribution in [3.8, 4) is 22.8 Å². The summed E-state index contributed by atoms with van der Waals surface area (Å²) in [4.78, 5) is 35.2. The molecule has 2 aliphatic rings. The third kappa shape index (κ3) is 5.62. The first kappa shape index (κ1) is 26.0. The Morgan fingerprint density at radius 2 is 1.61 bits per heavy atom. The van der Waals surface area contributed by atoms with Crippen molar-refractivity contribution in [1.29, 1.82) is 0 Å². The third-order valence-corrected chi connectivity index (χ3v) is 7.64. The second-order valence-corrected chi connectivity index (χ2v) is 11.5. The number of thiazole rings is 1. The van der Waals surface area contributed by atoms with Gasteiger partial charge < -0.3 is 19.1 Å². The zero-order valence-corrected chi connectivity index (χ0v) is 23.0. The van der Waals surface area contributed by atoms with Crippen molar-refractivity contribution in [3.05, 3.63) is 59.5 Å². The summed E-state index contributed by atoms with van der Waals surface area (Å²) in [6.07, 6.45) is 1.59. The Morgan fingerprint density at radius 1 is 0.974 bits per heavy atom. The molecule has 3 heterocycles. The molecule has 2 fully saturated rings. The molecule has 9 heteroatoms. The number of rotatable bonds is 6. The number of benzene rings is 2. The molecule has 0 radical (unpaired) electrons. The summed E-state index contributed by atoms with van der Waals surface area (Å²) in [6.45, 7) is 9.03. The van der Waals surface area contributed by atoms with E-state index in [-0.39, 0.29) is 30.8 Å². The maximum atomic E-state index is 12.9. The topological polar surface area (TPSA) is 81.2 Å². The van der Waals surface area contributed by atoms with E-state index in [4.69, 9.17) is 19.2 Å². The van der Waals surface area contributed by atoms with Crippen molar-refractivity contribution >= 4 is 28.5 Å². The van der Waals surface area contributed by atoms with Gasteiger partial charge in [0.25, 0.3) is 0 Å².